The summed E-state index contributed by atoms with van der Waals surface area (Å²) >= 11 is 0. The van der Waals surface area contributed by atoms with E-state index in [4.69, 9.17) is 4.74 Å². The normalized spacial score (nSPS) is 11.7. The van der Waals surface area contributed by atoms with E-state index in [-0.39, 0.29) is 11.8 Å². The van der Waals surface area contributed by atoms with Crippen LogP contribution in [0.25, 0.3) is 16.4 Å². The third-order valence-electron chi connectivity index (χ3n) is 4.94. The number of carbonyl (C=O) groups excluding carboxylic acids is 2. The van der Waals surface area contributed by atoms with Crippen molar-refractivity contribution < 1.29 is 14.3 Å². The van der Waals surface area contributed by atoms with E-state index < -0.39 is 0 Å². The first kappa shape index (κ1) is 21.0. The number of para-hydroxylation sites is 1. The Morgan fingerprint density at radius 1 is 0.931 bits per heavy atom. The molecule has 0 fully saturated rings. The predicted octanol–water partition coefficient (Wildman–Crippen LogP) is 3.34. The first-order valence-electron chi connectivity index (χ1n) is 9.91. The third-order valence-corrected chi connectivity index (χ3v) is 4.94. The molecule has 0 aliphatic heterocycles. The average molecular weight is 396 g/mol. The van der Waals surface area contributed by atoms with Crippen LogP contribution in [0.1, 0.15) is 33.6 Å². The van der Waals surface area contributed by atoms with E-state index in [9.17, 15) is 9.59 Å². The number of benzene rings is 1. The van der Waals surface area contributed by atoms with Gasteiger partial charge in [0.2, 0.25) is 0 Å². The van der Waals surface area contributed by atoms with Gasteiger partial charge in [-0.3, -0.25) is 4.79 Å². The largest absolute Gasteiger partial charge is 0.461 e. The highest BCUT2D eigenvalue weighted by Gasteiger charge is 2.20. The molecule has 0 aliphatic carbocycles. The highest BCUT2D eigenvalue weighted by atomic mass is 16.5. The van der Waals surface area contributed by atoms with Crippen LogP contribution < -0.4 is 0 Å². The van der Waals surface area contributed by atoms with Crippen molar-refractivity contribution in [2.75, 3.05) is 47.9 Å². The number of fused-ring (bicyclic) bond motifs is 3. The van der Waals surface area contributed by atoms with Crippen molar-refractivity contribution >= 4 is 28.2 Å². The lowest BCUT2D eigenvalue weighted by molar-refractivity contribution is 0.0486. The molecule has 154 valence electrons. The smallest absolute Gasteiger partial charge is 0.341 e. The summed E-state index contributed by atoms with van der Waals surface area (Å²) in [6, 6.07) is 11.4. The Balaban J connectivity index is 1.94. The maximum atomic E-state index is 12.8. The van der Waals surface area contributed by atoms with Gasteiger partial charge in [-0.15, -0.1) is 0 Å². The van der Waals surface area contributed by atoms with Crippen LogP contribution in [0.5, 0.6) is 0 Å². The van der Waals surface area contributed by atoms with Gasteiger partial charge in [0.05, 0.1) is 16.6 Å². The van der Waals surface area contributed by atoms with E-state index in [1.165, 1.54) is 0 Å². The molecule has 0 bridgehead atoms. The lowest BCUT2D eigenvalue weighted by atomic mass is 10.1. The molecule has 6 heteroatoms. The van der Waals surface area contributed by atoms with Gasteiger partial charge in [-0.05, 0) is 59.4 Å². The van der Waals surface area contributed by atoms with Crippen molar-refractivity contribution in [3.63, 3.8) is 0 Å². The first-order chi connectivity index (χ1) is 13.9. The highest BCUT2D eigenvalue weighted by molar-refractivity contribution is 6.12. The van der Waals surface area contributed by atoms with E-state index in [0.717, 1.165) is 29.4 Å². The number of rotatable bonds is 9. The lowest BCUT2D eigenvalue weighted by Gasteiger charge is -2.10. The molecule has 0 amide bonds. The van der Waals surface area contributed by atoms with Gasteiger partial charge < -0.3 is 18.9 Å². The molecular weight excluding hydrogens is 366 g/mol. The van der Waals surface area contributed by atoms with Gasteiger partial charge in [0.15, 0.2) is 5.78 Å². The number of ether oxygens (including phenoxy) is 1. The number of hydrogen-bond acceptors (Lipinski definition) is 5. The monoisotopic (exact) mass is 395 g/mol. The third kappa shape index (κ3) is 4.83. The van der Waals surface area contributed by atoms with Crippen LogP contribution in [-0.2, 0) is 4.74 Å². The standard InChI is InChI=1S/C23H29N3O3/c1-24(2)13-7-10-21(27)17-11-12-20-22(23(28)29-15-14-25(3)4)18-8-5-6-9-19(18)26(20)16-17/h5-6,8-9,11-12,16H,7,10,13-15H2,1-4H3. The maximum Gasteiger partial charge on any atom is 0.341 e. The molecule has 0 radical (unpaired) electrons. The Morgan fingerprint density at radius 3 is 2.38 bits per heavy atom. The lowest BCUT2D eigenvalue weighted by Crippen LogP contribution is -2.20. The van der Waals surface area contributed by atoms with E-state index >= 15 is 0 Å². The molecule has 3 rings (SSSR count). The zero-order chi connectivity index (χ0) is 21.0. The summed E-state index contributed by atoms with van der Waals surface area (Å²) in [6.07, 6.45) is 3.16. The molecule has 0 spiro atoms. The van der Waals surface area contributed by atoms with Crippen LogP contribution in [0, 0.1) is 0 Å². The van der Waals surface area contributed by atoms with Crippen molar-refractivity contribution in [3.8, 4) is 0 Å². The Bertz CT molecular complexity index is 1020. The zero-order valence-electron chi connectivity index (χ0n) is 17.6. The fourth-order valence-corrected chi connectivity index (χ4v) is 3.41. The number of carbonyl (C=O) groups is 2. The van der Waals surface area contributed by atoms with Gasteiger partial charge in [0.25, 0.3) is 0 Å². The van der Waals surface area contributed by atoms with Crippen LogP contribution >= 0.6 is 0 Å². The number of nitrogens with zero attached hydrogens (tertiary/aromatic N) is 3. The summed E-state index contributed by atoms with van der Waals surface area (Å²) in [5.41, 5.74) is 2.85. The summed E-state index contributed by atoms with van der Waals surface area (Å²) in [6.45, 7) is 1.88. The van der Waals surface area contributed by atoms with Gasteiger partial charge in [0.1, 0.15) is 6.61 Å². The molecular formula is C23H29N3O3. The quantitative estimate of drug-likeness (QED) is 0.411. The number of ketones is 1. The van der Waals surface area contributed by atoms with Crippen molar-refractivity contribution in [2.45, 2.75) is 12.8 Å². The molecule has 0 saturated heterocycles. The second kappa shape index (κ2) is 9.20. The number of hydrogen-bond donors (Lipinski definition) is 0. The van der Waals surface area contributed by atoms with E-state index in [1.54, 1.807) is 0 Å². The van der Waals surface area contributed by atoms with Crippen LogP contribution in [0.2, 0.25) is 0 Å². The second-order valence-corrected chi connectivity index (χ2v) is 7.83. The molecule has 0 atom stereocenters. The molecule has 0 N–H and O–H groups in total. The molecule has 1 aromatic carbocycles. The van der Waals surface area contributed by atoms with Crippen LogP contribution in [-0.4, -0.2) is 73.8 Å². The van der Waals surface area contributed by atoms with Crippen LogP contribution in [0.15, 0.2) is 42.6 Å². The molecule has 0 unspecified atom stereocenters. The maximum absolute atomic E-state index is 12.8. The second-order valence-electron chi connectivity index (χ2n) is 7.83. The summed E-state index contributed by atoms with van der Waals surface area (Å²) in [5.74, 6) is -0.225. The molecule has 0 aliphatic rings. The highest BCUT2D eigenvalue weighted by Crippen LogP contribution is 2.28. The van der Waals surface area contributed by atoms with Gasteiger partial charge in [0, 0.05) is 30.1 Å². The summed E-state index contributed by atoms with van der Waals surface area (Å²) < 4.78 is 7.43. The summed E-state index contributed by atoms with van der Waals surface area (Å²) in [5, 5.41) is 0.833. The molecule has 2 heterocycles. The number of aromatic nitrogens is 1. The minimum atomic E-state index is -0.337. The molecule has 29 heavy (non-hydrogen) atoms. The Labute approximate surface area is 171 Å². The SMILES string of the molecule is CN(C)CCCC(=O)c1ccc2c(C(=O)OCCN(C)C)c3ccccc3n2c1. The minimum absolute atomic E-state index is 0.113. The van der Waals surface area contributed by atoms with Crippen LogP contribution in [0.4, 0.5) is 0 Å². The average Bonchev–Trinajstić information content (AvgIpc) is 3.01. The number of esters is 1. The van der Waals surface area contributed by atoms with Gasteiger partial charge in [-0.1, -0.05) is 18.2 Å². The predicted molar refractivity (Wildman–Crippen MR) is 116 cm³/mol. The zero-order valence-corrected chi connectivity index (χ0v) is 17.6. The Hall–Kier alpha value is -2.70. The molecule has 3 aromatic rings. The molecule has 0 saturated carbocycles. The fraction of sp³-hybridized carbons (Fsp3) is 0.391. The van der Waals surface area contributed by atoms with Gasteiger partial charge in [-0.25, -0.2) is 4.79 Å². The first-order valence-corrected chi connectivity index (χ1v) is 9.91. The minimum Gasteiger partial charge on any atom is -0.461 e. The summed E-state index contributed by atoms with van der Waals surface area (Å²) in [7, 11) is 7.88. The van der Waals surface area contributed by atoms with Crippen molar-refractivity contribution in [2.24, 2.45) is 0 Å². The van der Waals surface area contributed by atoms with Crippen molar-refractivity contribution in [1.29, 1.82) is 0 Å². The van der Waals surface area contributed by atoms with E-state index in [2.05, 4.69) is 4.90 Å². The van der Waals surface area contributed by atoms with Crippen molar-refractivity contribution in [3.05, 3.63) is 53.7 Å². The number of pyridine rings is 1. The van der Waals surface area contributed by atoms with Gasteiger partial charge in [-0.2, -0.15) is 0 Å². The number of likely N-dealkylation sites (N-methyl/N-ethyl adjacent to an activating group) is 1. The summed E-state index contributed by atoms with van der Waals surface area (Å²) in [4.78, 5) is 29.5. The fourth-order valence-electron chi connectivity index (χ4n) is 3.41. The van der Waals surface area contributed by atoms with E-state index in [0.29, 0.717) is 30.7 Å². The Kier molecular flexibility index (Phi) is 6.67. The topological polar surface area (TPSA) is 54.3 Å². The van der Waals surface area contributed by atoms with Crippen LogP contribution in [0.3, 0.4) is 0 Å². The Morgan fingerprint density at radius 2 is 1.66 bits per heavy atom. The molecule has 6 nitrogen and oxygen atoms in total. The van der Waals surface area contributed by atoms with Crippen molar-refractivity contribution in [1.82, 2.24) is 14.2 Å². The molecule has 2 aromatic heterocycles. The number of Topliss-reactive ketones (excluding diaryl/α,β-unsaturated/α-hetero) is 1. The van der Waals surface area contributed by atoms with E-state index in [1.807, 2.05) is 80.1 Å². The van der Waals surface area contributed by atoms with Gasteiger partial charge >= 0.3 is 5.97 Å².